The van der Waals surface area contributed by atoms with Crippen LogP contribution in [0.15, 0.2) is 72.8 Å². The summed E-state index contributed by atoms with van der Waals surface area (Å²) in [6.45, 7) is 0.309. The van der Waals surface area contributed by atoms with Crippen molar-refractivity contribution in [3.05, 3.63) is 88.9 Å². The Morgan fingerprint density at radius 2 is 1.77 bits per heavy atom. The smallest absolute Gasteiger partial charge is 0.263 e. The first-order valence-electron chi connectivity index (χ1n) is 10.8. The van der Waals surface area contributed by atoms with Crippen molar-refractivity contribution in [1.82, 2.24) is 5.32 Å². The van der Waals surface area contributed by atoms with Gasteiger partial charge in [0.25, 0.3) is 11.8 Å². The van der Waals surface area contributed by atoms with E-state index in [1.165, 1.54) is 30.1 Å². The average molecular weight is 514 g/mol. The van der Waals surface area contributed by atoms with Gasteiger partial charge in [-0.15, -0.1) is 0 Å². The van der Waals surface area contributed by atoms with Gasteiger partial charge in [-0.3, -0.25) is 13.9 Å². The summed E-state index contributed by atoms with van der Waals surface area (Å²) >= 11 is 6.21. The van der Waals surface area contributed by atoms with E-state index >= 15 is 0 Å². The summed E-state index contributed by atoms with van der Waals surface area (Å²) in [5.74, 6) is -0.370. The molecule has 1 N–H and O–H groups in total. The number of halogens is 1. The van der Waals surface area contributed by atoms with Crippen LogP contribution in [0.3, 0.4) is 0 Å². The quantitative estimate of drug-likeness (QED) is 0.544. The topological polar surface area (TPSA) is 96.0 Å². The second-order valence-corrected chi connectivity index (χ2v) is 10.5. The van der Waals surface area contributed by atoms with Crippen LogP contribution in [0.25, 0.3) is 0 Å². The molecule has 1 heterocycles. The molecule has 0 aromatic heterocycles. The van der Waals surface area contributed by atoms with Gasteiger partial charge in [-0.1, -0.05) is 54.1 Å². The van der Waals surface area contributed by atoms with Gasteiger partial charge in [0.05, 0.1) is 29.2 Å². The molecule has 4 rings (SSSR count). The van der Waals surface area contributed by atoms with Gasteiger partial charge in [-0.25, -0.2) is 8.42 Å². The van der Waals surface area contributed by atoms with Crippen LogP contribution < -0.4 is 19.3 Å². The van der Waals surface area contributed by atoms with Gasteiger partial charge in [0.15, 0.2) is 6.10 Å². The number of hydrogen-bond acceptors (Lipinski definition) is 5. The molecular weight excluding hydrogens is 490 g/mol. The number of carbonyl (C=O) groups excluding carboxylic acids is 2. The first-order valence-corrected chi connectivity index (χ1v) is 13.0. The lowest BCUT2D eigenvalue weighted by molar-refractivity contribution is -0.128. The Labute approximate surface area is 209 Å². The number of sulfonamides is 1. The zero-order valence-corrected chi connectivity index (χ0v) is 20.7. The van der Waals surface area contributed by atoms with Gasteiger partial charge >= 0.3 is 0 Å². The van der Waals surface area contributed by atoms with E-state index in [-0.39, 0.29) is 28.7 Å². The fourth-order valence-corrected chi connectivity index (χ4v) is 4.49. The van der Waals surface area contributed by atoms with Crippen molar-refractivity contribution >= 4 is 44.8 Å². The molecule has 35 heavy (non-hydrogen) atoms. The predicted octanol–water partition coefficient (Wildman–Crippen LogP) is 3.46. The summed E-state index contributed by atoms with van der Waals surface area (Å²) in [6, 6.07) is 20.8. The third kappa shape index (κ3) is 5.41. The summed E-state index contributed by atoms with van der Waals surface area (Å²) in [4.78, 5) is 28.0. The summed E-state index contributed by atoms with van der Waals surface area (Å²) in [7, 11) is -2.23. The Kier molecular flexibility index (Phi) is 7.00. The highest BCUT2D eigenvalue weighted by Crippen LogP contribution is 2.35. The number of nitrogens with one attached hydrogen (secondary N) is 1. The van der Waals surface area contributed by atoms with Gasteiger partial charge in [0.2, 0.25) is 10.0 Å². The van der Waals surface area contributed by atoms with Crippen molar-refractivity contribution in [3.63, 3.8) is 0 Å². The number of hydrogen-bond donors (Lipinski definition) is 1. The van der Waals surface area contributed by atoms with Crippen LogP contribution in [0.4, 0.5) is 11.4 Å². The molecule has 1 aliphatic heterocycles. The highest BCUT2D eigenvalue weighted by atomic mass is 35.5. The van der Waals surface area contributed by atoms with Crippen molar-refractivity contribution < 1.29 is 22.7 Å². The molecule has 0 bridgehead atoms. The number of amides is 2. The molecule has 0 fully saturated rings. The van der Waals surface area contributed by atoms with E-state index in [1.807, 2.05) is 30.3 Å². The molecule has 3 aromatic rings. The van der Waals surface area contributed by atoms with Crippen molar-refractivity contribution in [2.24, 2.45) is 0 Å². The molecule has 1 aliphatic rings. The highest BCUT2D eigenvalue weighted by Gasteiger charge is 2.34. The molecule has 0 saturated heterocycles. The maximum atomic E-state index is 13.6. The van der Waals surface area contributed by atoms with Gasteiger partial charge < -0.3 is 15.0 Å². The van der Waals surface area contributed by atoms with Crippen LogP contribution in [0, 0.1) is 0 Å². The number of carbonyl (C=O) groups is 2. The molecular formula is C25H24ClN3O5S. The molecule has 1 atom stereocenters. The zero-order valence-electron chi connectivity index (χ0n) is 19.1. The summed E-state index contributed by atoms with van der Waals surface area (Å²) < 4.78 is 31.0. The SMILES string of the molecule is CN(c1cc(C(=O)N2C[C@@H](C(=O)NCc3ccccc3)Oc3ccccc32)ccc1Cl)S(C)(=O)=O. The lowest BCUT2D eigenvalue weighted by atomic mass is 10.1. The summed E-state index contributed by atoms with van der Waals surface area (Å²) in [5, 5.41) is 3.04. The van der Waals surface area contributed by atoms with Gasteiger partial charge in [-0.2, -0.15) is 0 Å². The Hall–Kier alpha value is -3.56. The minimum Gasteiger partial charge on any atom is -0.477 e. The monoisotopic (exact) mass is 513 g/mol. The summed E-state index contributed by atoms with van der Waals surface area (Å²) in [6.07, 6.45) is 0.123. The Bertz CT molecular complexity index is 1360. The van der Waals surface area contributed by atoms with E-state index in [9.17, 15) is 18.0 Å². The van der Waals surface area contributed by atoms with E-state index in [2.05, 4.69) is 5.32 Å². The molecule has 3 aromatic carbocycles. The van der Waals surface area contributed by atoms with E-state index in [4.69, 9.17) is 16.3 Å². The second-order valence-electron chi connectivity index (χ2n) is 8.09. The molecule has 0 aliphatic carbocycles. The Balaban J connectivity index is 1.61. The maximum Gasteiger partial charge on any atom is 0.263 e. The van der Waals surface area contributed by atoms with Crippen molar-refractivity contribution in [2.75, 3.05) is 29.1 Å². The van der Waals surface area contributed by atoms with Crippen LogP contribution >= 0.6 is 11.6 Å². The highest BCUT2D eigenvalue weighted by molar-refractivity contribution is 7.92. The molecule has 10 heteroatoms. The molecule has 0 spiro atoms. The van der Waals surface area contributed by atoms with E-state index < -0.39 is 22.0 Å². The number of para-hydroxylation sites is 2. The number of nitrogens with zero attached hydrogens (tertiary/aromatic N) is 2. The minimum atomic E-state index is -3.59. The van der Waals surface area contributed by atoms with Crippen LogP contribution in [0.2, 0.25) is 5.02 Å². The van der Waals surface area contributed by atoms with Crippen LogP contribution in [0.1, 0.15) is 15.9 Å². The predicted molar refractivity (Wildman–Crippen MR) is 136 cm³/mol. The largest absolute Gasteiger partial charge is 0.477 e. The maximum absolute atomic E-state index is 13.6. The lowest BCUT2D eigenvalue weighted by Crippen LogP contribution is -2.50. The normalized spacial score (nSPS) is 15.1. The third-order valence-corrected chi connectivity index (χ3v) is 7.16. The van der Waals surface area contributed by atoms with Crippen LogP contribution in [0.5, 0.6) is 5.75 Å². The molecule has 0 unspecified atom stereocenters. The van der Waals surface area contributed by atoms with Crippen LogP contribution in [-0.4, -0.2) is 46.2 Å². The molecule has 0 saturated carbocycles. The minimum absolute atomic E-state index is 0.0175. The van der Waals surface area contributed by atoms with Gasteiger partial charge in [0, 0.05) is 19.2 Å². The fourth-order valence-electron chi connectivity index (χ4n) is 3.68. The molecule has 2 amide bonds. The molecule has 0 radical (unpaired) electrons. The van der Waals surface area contributed by atoms with Gasteiger partial charge in [-0.05, 0) is 35.9 Å². The number of rotatable bonds is 6. The number of ether oxygens (including phenoxy) is 1. The number of benzene rings is 3. The number of anilines is 2. The molecule has 8 nitrogen and oxygen atoms in total. The Morgan fingerprint density at radius 1 is 1.09 bits per heavy atom. The first-order chi connectivity index (χ1) is 16.6. The standard InChI is InChI=1S/C25H24ClN3O5S/c1-28(35(2,32)33)21-14-18(12-13-19(21)26)25(31)29-16-23(34-22-11-7-6-10-20(22)29)24(30)27-15-17-8-4-3-5-9-17/h3-14,23H,15-16H2,1-2H3,(H,27,30)/t23-/m0/s1. The van der Waals surface area contributed by atoms with E-state index in [0.717, 1.165) is 16.1 Å². The Morgan fingerprint density at radius 3 is 2.49 bits per heavy atom. The average Bonchev–Trinajstić information content (AvgIpc) is 2.86. The van der Waals surface area contributed by atoms with E-state index in [1.54, 1.807) is 24.3 Å². The van der Waals surface area contributed by atoms with Crippen LogP contribution in [-0.2, 0) is 21.4 Å². The first kappa shape index (κ1) is 24.6. The summed E-state index contributed by atoms with van der Waals surface area (Å²) in [5.41, 5.74) is 1.85. The van der Waals surface area contributed by atoms with Crippen molar-refractivity contribution in [2.45, 2.75) is 12.6 Å². The zero-order chi connectivity index (χ0) is 25.2. The third-order valence-electron chi connectivity index (χ3n) is 5.65. The van der Waals surface area contributed by atoms with E-state index in [0.29, 0.717) is 18.0 Å². The van der Waals surface area contributed by atoms with Crippen molar-refractivity contribution in [1.29, 1.82) is 0 Å². The molecule has 182 valence electrons. The van der Waals surface area contributed by atoms with Crippen molar-refractivity contribution in [3.8, 4) is 5.75 Å². The van der Waals surface area contributed by atoms with Gasteiger partial charge in [0.1, 0.15) is 5.75 Å². The lowest BCUT2D eigenvalue weighted by Gasteiger charge is -2.34. The number of fused-ring (bicyclic) bond motifs is 1. The second kappa shape index (κ2) is 9.97. The fraction of sp³-hybridized carbons (Fsp3) is 0.200.